The van der Waals surface area contributed by atoms with Crippen molar-refractivity contribution < 1.29 is 0 Å². The van der Waals surface area contributed by atoms with Gasteiger partial charge in [-0.1, -0.05) is 20.3 Å². The van der Waals surface area contributed by atoms with Crippen LogP contribution in [0.1, 0.15) is 59.8 Å². The Labute approximate surface area is 108 Å². The molecule has 0 aromatic heterocycles. The van der Waals surface area contributed by atoms with Crippen molar-refractivity contribution in [3.05, 3.63) is 0 Å². The molecule has 2 rings (SSSR count). The zero-order valence-corrected chi connectivity index (χ0v) is 12.3. The van der Waals surface area contributed by atoms with E-state index in [2.05, 4.69) is 32.6 Å². The van der Waals surface area contributed by atoms with Crippen molar-refractivity contribution in [3.63, 3.8) is 0 Å². The van der Waals surface area contributed by atoms with Gasteiger partial charge < -0.3 is 4.90 Å². The minimum atomic E-state index is 0.756. The summed E-state index contributed by atoms with van der Waals surface area (Å²) in [4.78, 5) is 2.65. The van der Waals surface area contributed by atoms with Crippen molar-refractivity contribution in [2.24, 2.45) is 23.7 Å². The fourth-order valence-corrected chi connectivity index (χ4v) is 3.59. The molecule has 1 saturated heterocycles. The van der Waals surface area contributed by atoms with Gasteiger partial charge in [0.2, 0.25) is 0 Å². The smallest absolute Gasteiger partial charge is 0.00385 e. The van der Waals surface area contributed by atoms with E-state index in [1.54, 1.807) is 6.42 Å². The Bertz CT molecular complexity index is 226. The van der Waals surface area contributed by atoms with Gasteiger partial charge in [0.05, 0.1) is 0 Å². The summed E-state index contributed by atoms with van der Waals surface area (Å²) in [5, 5.41) is 0. The molecule has 17 heavy (non-hydrogen) atoms. The van der Waals surface area contributed by atoms with Crippen LogP contribution in [0.15, 0.2) is 0 Å². The number of rotatable bonds is 5. The molecule has 100 valence electrons. The molecular weight excluding hydrogens is 206 g/mol. The first kappa shape index (κ1) is 13.4. The van der Waals surface area contributed by atoms with E-state index in [4.69, 9.17) is 0 Å². The van der Waals surface area contributed by atoms with Crippen LogP contribution >= 0.6 is 0 Å². The van der Waals surface area contributed by atoms with E-state index in [9.17, 15) is 0 Å². The SMILES string of the molecule is CC(C)CC[C@@H]1C[C@@H]1C1CCN(C(C)C)CC1. The normalized spacial score (nSPS) is 31.4. The number of piperidine rings is 1. The van der Waals surface area contributed by atoms with Gasteiger partial charge in [-0.15, -0.1) is 0 Å². The Morgan fingerprint density at radius 2 is 1.71 bits per heavy atom. The molecule has 0 aromatic rings. The second kappa shape index (κ2) is 5.73. The minimum absolute atomic E-state index is 0.756. The first-order valence-electron chi connectivity index (χ1n) is 7.82. The van der Waals surface area contributed by atoms with Gasteiger partial charge in [-0.3, -0.25) is 0 Å². The van der Waals surface area contributed by atoms with Crippen molar-refractivity contribution in [1.82, 2.24) is 4.90 Å². The van der Waals surface area contributed by atoms with Crippen LogP contribution in [-0.2, 0) is 0 Å². The van der Waals surface area contributed by atoms with Gasteiger partial charge in [0.25, 0.3) is 0 Å². The third kappa shape index (κ3) is 3.71. The summed E-state index contributed by atoms with van der Waals surface area (Å²) in [7, 11) is 0. The number of hydrogen-bond acceptors (Lipinski definition) is 1. The number of hydrogen-bond donors (Lipinski definition) is 0. The third-order valence-electron chi connectivity index (χ3n) is 5.00. The standard InChI is InChI=1S/C16H31N/c1-12(2)5-6-15-11-16(15)14-7-9-17(10-8-14)13(3)4/h12-16H,5-11H2,1-4H3/t15-,16-/m1/s1. The van der Waals surface area contributed by atoms with Gasteiger partial charge in [0.1, 0.15) is 0 Å². The van der Waals surface area contributed by atoms with Crippen LogP contribution in [0, 0.1) is 23.7 Å². The van der Waals surface area contributed by atoms with E-state index in [0.29, 0.717) is 0 Å². The molecule has 0 aromatic carbocycles. The summed E-state index contributed by atoms with van der Waals surface area (Å²) in [6.45, 7) is 12.1. The highest BCUT2D eigenvalue weighted by atomic mass is 15.1. The molecule has 2 aliphatic rings. The van der Waals surface area contributed by atoms with Crippen molar-refractivity contribution in [2.45, 2.75) is 65.8 Å². The van der Waals surface area contributed by atoms with Crippen LogP contribution in [0.2, 0.25) is 0 Å². The Hall–Kier alpha value is -0.0400. The monoisotopic (exact) mass is 237 g/mol. The van der Waals surface area contributed by atoms with Gasteiger partial charge in [0, 0.05) is 6.04 Å². The zero-order valence-electron chi connectivity index (χ0n) is 12.3. The lowest BCUT2D eigenvalue weighted by atomic mass is 9.89. The lowest BCUT2D eigenvalue weighted by Gasteiger charge is -2.35. The van der Waals surface area contributed by atoms with Gasteiger partial charge in [0.15, 0.2) is 0 Å². The zero-order chi connectivity index (χ0) is 12.4. The van der Waals surface area contributed by atoms with E-state index in [0.717, 1.165) is 29.7 Å². The quantitative estimate of drug-likeness (QED) is 0.693. The average Bonchev–Trinajstić information content (AvgIpc) is 3.06. The van der Waals surface area contributed by atoms with Crippen LogP contribution in [0.3, 0.4) is 0 Å². The van der Waals surface area contributed by atoms with Crippen molar-refractivity contribution in [2.75, 3.05) is 13.1 Å². The van der Waals surface area contributed by atoms with Crippen LogP contribution in [0.4, 0.5) is 0 Å². The van der Waals surface area contributed by atoms with Crippen LogP contribution in [-0.4, -0.2) is 24.0 Å². The fourth-order valence-electron chi connectivity index (χ4n) is 3.59. The number of likely N-dealkylation sites (tertiary alicyclic amines) is 1. The molecule has 1 saturated carbocycles. The lowest BCUT2D eigenvalue weighted by Crippen LogP contribution is -2.39. The Balaban J connectivity index is 1.66. The molecule has 0 unspecified atom stereocenters. The molecule has 0 spiro atoms. The molecule has 1 heterocycles. The van der Waals surface area contributed by atoms with Gasteiger partial charge in [-0.05, 0) is 76.3 Å². The fraction of sp³-hybridized carbons (Fsp3) is 1.00. The van der Waals surface area contributed by atoms with E-state index < -0.39 is 0 Å². The molecular formula is C16H31N. The molecule has 1 aliphatic carbocycles. The van der Waals surface area contributed by atoms with Crippen LogP contribution in [0.5, 0.6) is 0 Å². The molecule has 2 atom stereocenters. The van der Waals surface area contributed by atoms with Crippen LogP contribution in [0.25, 0.3) is 0 Å². The Morgan fingerprint density at radius 3 is 2.24 bits per heavy atom. The maximum Gasteiger partial charge on any atom is 0.00385 e. The highest BCUT2D eigenvalue weighted by Gasteiger charge is 2.42. The van der Waals surface area contributed by atoms with E-state index in [-0.39, 0.29) is 0 Å². The minimum Gasteiger partial charge on any atom is -0.301 e. The topological polar surface area (TPSA) is 3.24 Å². The predicted molar refractivity (Wildman–Crippen MR) is 75.1 cm³/mol. The van der Waals surface area contributed by atoms with Crippen molar-refractivity contribution in [3.8, 4) is 0 Å². The third-order valence-corrected chi connectivity index (χ3v) is 5.00. The first-order valence-corrected chi connectivity index (χ1v) is 7.82. The Morgan fingerprint density at radius 1 is 1.06 bits per heavy atom. The van der Waals surface area contributed by atoms with Gasteiger partial charge >= 0.3 is 0 Å². The lowest BCUT2D eigenvalue weighted by molar-refractivity contribution is 0.137. The molecule has 0 amide bonds. The molecule has 1 nitrogen and oxygen atoms in total. The maximum atomic E-state index is 2.65. The molecule has 1 heteroatoms. The van der Waals surface area contributed by atoms with Crippen molar-refractivity contribution in [1.29, 1.82) is 0 Å². The van der Waals surface area contributed by atoms with E-state index in [1.807, 2.05) is 0 Å². The number of nitrogens with zero attached hydrogens (tertiary/aromatic N) is 1. The van der Waals surface area contributed by atoms with E-state index in [1.165, 1.54) is 38.8 Å². The first-order chi connectivity index (χ1) is 8.08. The summed E-state index contributed by atoms with van der Waals surface area (Å²) < 4.78 is 0. The predicted octanol–water partition coefficient (Wildman–Crippen LogP) is 4.18. The summed E-state index contributed by atoms with van der Waals surface area (Å²) in [6.07, 6.45) is 7.46. The maximum absolute atomic E-state index is 2.65. The van der Waals surface area contributed by atoms with Crippen LogP contribution < -0.4 is 0 Å². The highest BCUT2D eigenvalue weighted by molar-refractivity contribution is 4.93. The largest absolute Gasteiger partial charge is 0.301 e. The highest BCUT2D eigenvalue weighted by Crippen LogP contribution is 2.50. The molecule has 0 N–H and O–H groups in total. The Kier molecular flexibility index (Phi) is 4.52. The second-order valence-corrected chi connectivity index (χ2v) is 7.10. The molecule has 1 aliphatic heterocycles. The van der Waals surface area contributed by atoms with Gasteiger partial charge in [-0.2, -0.15) is 0 Å². The molecule has 0 radical (unpaired) electrons. The average molecular weight is 237 g/mol. The molecule has 2 fully saturated rings. The second-order valence-electron chi connectivity index (χ2n) is 7.10. The van der Waals surface area contributed by atoms with E-state index >= 15 is 0 Å². The summed E-state index contributed by atoms with van der Waals surface area (Å²) in [6, 6.07) is 0.756. The molecule has 0 bridgehead atoms. The van der Waals surface area contributed by atoms with Gasteiger partial charge in [-0.25, -0.2) is 0 Å². The summed E-state index contributed by atoms with van der Waals surface area (Å²) in [5.41, 5.74) is 0. The summed E-state index contributed by atoms with van der Waals surface area (Å²) >= 11 is 0. The summed E-state index contributed by atoms with van der Waals surface area (Å²) in [5.74, 6) is 4.19. The van der Waals surface area contributed by atoms with Crippen molar-refractivity contribution >= 4 is 0 Å².